The first-order valence-corrected chi connectivity index (χ1v) is 9.72. The topological polar surface area (TPSA) is 111 Å². The van der Waals surface area contributed by atoms with Gasteiger partial charge in [-0.1, -0.05) is 51.1 Å². The van der Waals surface area contributed by atoms with Crippen LogP contribution in [0.2, 0.25) is 0 Å². The average molecular weight is 406 g/mol. The van der Waals surface area contributed by atoms with Crippen LogP contribution >= 0.6 is 0 Å². The highest BCUT2D eigenvalue weighted by Gasteiger charge is 2.23. The highest BCUT2D eigenvalue weighted by Crippen LogP contribution is 2.23. The summed E-state index contributed by atoms with van der Waals surface area (Å²) in [6, 6.07) is 11.0. The third kappa shape index (κ3) is 5.11. The summed E-state index contributed by atoms with van der Waals surface area (Å²) < 4.78 is 1.62. The quantitative estimate of drug-likeness (QED) is 0.581. The molecule has 0 bridgehead atoms. The molecule has 30 heavy (non-hydrogen) atoms. The zero-order valence-electron chi connectivity index (χ0n) is 17.4. The molecule has 0 aliphatic rings. The Hall–Kier alpha value is -3.48. The number of hydrogen-bond donors (Lipinski definition) is 2. The predicted molar refractivity (Wildman–Crippen MR) is 114 cm³/mol. The number of nitrogen functional groups attached to an aromatic ring is 1. The largest absolute Gasteiger partial charge is 0.481 e. The van der Waals surface area contributed by atoms with Crippen molar-refractivity contribution in [1.29, 1.82) is 0 Å². The number of aromatic nitrogens is 3. The summed E-state index contributed by atoms with van der Waals surface area (Å²) in [6.07, 6.45) is 4.91. The first-order chi connectivity index (χ1) is 14.1. The van der Waals surface area contributed by atoms with E-state index in [1.807, 2.05) is 24.3 Å². The van der Waals surface area contributed by atoms with E-state index < -0.39 is 11.9 Å². The van der Waals surface area contributed by atoms with Gasteiger partial charge in [-0.3, -0.25) is 9.59 Å². The molecule has 0 unspecified atom stereocenters. The van der Waals surface area contributed by atoms with E-state index in [2.05, 4.69) is 30.7 Å². The maximum Gasteiger partial charge on any atom is 0.312 e. The van der Waals surface area contributed by atoms with Crippen LogP contribution in [-0.2, 0) is 23.2 Å². The molecular weight excluding hydrogens is 380 g/mol. The molecule has 2 heterocycles. The molecule has 0 fully saturated rings. The Bertz CT molecular complexity index is 1030. The number of imidazole rings is 1. The third-order valence-electron chi connectivity index (χ3n) is 4.99. The fourth-order valence-electron chi connectivity index (χ4n) is 3.17. The number of rotatable bonds is 7. The summed E-state index contributed by atoms with van der Waals surface area (Å²) in [6.45, 7) is 6.46. The molecular formula is C23H26N4O3. The fourth-order valence-corrected chi connectivity index (χ4v) is 3.17. The molecule has 3 N–H and O–H groups in total. The number of carboxylic acid groups (broad SMARTS) is 1. The van der Waals surface area contributed by atoms with Crippen LogP contribution in [0.4, 0.5) is 5.82 Å². The second kappa shape index (κ2) is 8.49. The Labute approximate surface area is 175 Å². The number of pyridine rings is 1. The van der Waals surface area contributed by atoms with Crippen molar-refractivity contribution in [3.63, 3.8) is 0 Å². The number of carboxylic acids is 1. The van der Waals surface area contributed by atoms with Crippen molar-refractivity contribution in [2.45, 2.75) is 45.1 Å². The molecule has 0 saturated heterocycles. The Balaban J connectivity index is 1.71. The summed E-state index contributed by atoms with van der Waals surface area (Å²) in [5.41, 5.74) is 8.52. The van der Waals surface area contributed by atoms with Gasteiger partial charge in [0.1, 0.15) is 11.7 Å². The molecule has 7 heteroatoms. The molecule has 0 aliphatic heterocycles. The van der Waals surface area contributed by atoms with Gasteiger partial charge in [-0.15, -0.1) is 0 Å². The molecule has 1 atom stereocenters. The number of nitrogens with zero attached hydrogens (tertiary/aromatic N) is 3. The van der Waals surface area contributed by atoms with Crippen LogP contribution in [-0.4, -0.2) is 31.4 Å². The lowest BCUT2D eigenvalue weighted by Gasteiger charge is -2.19. The second-order valence-electron chi connectivity index (χ2n) is 8.41. The number of aliphatic carboxylic acids is 1. The highest BCUT2D eigenvalue weighted by atomic mass is 16.4. The molecule has 0 amide bonds. The van der Waals surface area contributed by atoms with Gasteiger partial charge in [0.2, 0.25) is 0 Å². The number of carbonyl (C=O) groups excluding carboxylic acids is 1. The standard InChI is InChI=1S/C23H26N4O3/c1-23(2,3)17-7-5-16(6-8-17)20(28)13-27-12-19(26-14-27)18(22(29)30)10-15-4-9-21(24)25-11-15/h4-9,11-12,14,18H,10,13H2,1-3H3,(H2,24,25)(H,29,30)/t18-/m1/s1. The van der Waals surface area contributed by atoms with E-state index >= 15 is 0 Å². The van der Waals surface area contributed by atoms with Gasteiger partial charge in [0, 0.05) is 18.0 Å². The minimum Gasteiger partial charge on any atom is -0.481 e. The third-order valence-corrected chi connectivity index (χ3v) is 4.99. The number of anilines is 1. The monoisotopic (exact) mass is 406 g/mol. The number of carbonyl (C=O) groups is 2. The van der Waals surface area contributed by atoms with Crippen molar-refractivity contribution in [3.8, 4) is 0 Å². The maximum atomic E-state index is 12.6. The van der Waals surface area contributed by atoms with Crippen LogP contribution in [0, 0.1) is 0 Å². The molecule has 0 spiro atoms. The second-order valence-corrected chi connectivity index (χ2v) is 8.41. The van der Waals surface area contributed by atoms with Crippen LogP contribution in [0.3, 0.4) is 0 Å². The zero-order chi connectivity index (χ0) is 21.9. The smallest absolute Gasteiger partial charge is 0.312 e. The predicted octanol–water partition coefficient (Wildman–Crippen LogP) is 3.45. The molecule has 1 aromatic carbocycles. The Morgan fingerprint density at radius 2 is 1.80 bits per heavy atom. The summed E-state index contributed by atoms with van der Waals surface area (Å²) in [7, 11) is 0. The molecule has 0 radical (unpaired) electrons. The summed E-state index contributed by atoms with van der Waals surface area (Å²) >= 11 is 0. The molecule has 156 valence electrons. The lowest BCUT2D eigenvalue weighted by atomic mass is 9.86. The van der Waals surface area contributed by atoms with E-state index in [1.54, 1.807) is 29.1 Å². The molecule has 0 saturated carbocycles. The Morgan fingerprint density at radius 1 is 1.10 bits per heavy atom. The number of hydrogen-bond acceptors (Lipinski definition) is 5. The van der Waals surface area contributed by atoms with Gasteiger partial charge >= 0.3 is 5.97 Å². The van der Waals surface area contributed by atoms with Crippen molar-refractivity contribution in [2.24, 2.45) is 0 Å². The van der Waals surface area contributed by atoms with Crippen molar-refractivity contribution in [3.05, 3.63) is 77.5 Å². The van der Waals surface area contributed by atoms with E-state index in [0.717, 1.165) is 11.1 Å². The lowest BCUT2D eigenvalue weighted by molar-refractivity contribution is -0.138. The maximum absolute atomic E-state index is 12.6. The van der Waals surface area contributed by atoms with Gasteiger partial charge < -0.3 is 15.4 Å². The molecule has 3 aromatic rings. The number of nitrogens with two attached hydrogens (primary N) is 1. The summed E-state index contributed by atoms with van der Waals surface area (Å²) in [5.74, 6) is -1.50. The molecule has 7 nitrogen and oxygen atoms in total. The van der Waals surface area contributed by atoms with Crippen molar-refractivity contribution in [2.75, 3.05) is 5.73 Å². The molecule has 0 aliphatic carbocycles. The Kier molecular flexibility index (Phi) is 6.01. The van der Waals surface area contributed by atoms with Crippen molar-refractivity contribution >= 4 is 17.6 Å². The van der Waals surface area contributed by atoms with E-state index in [1.165, 1.54) is 6.33 Å². The highest BCUT2D eigenvalue weighted by molar-refractivity contribution is 5.96. The number of Topliss-reactive ketones (excluding diaryl/α,β-unsaturated/α-hetero) is 1. The summed E-state index contributed by atoms with van der Waals surface area (Å²) in [4.78, 5) is 32.6. The van der Waals surface area contributed by atoms with Crippen LogP contribution < -0.4 is 5.73 Å². The van der Waals surface area contributed by atoms with Gasteiger partial charge in [0.05, 0.1) is 18.6 Å². The molecule has 3 rings (SSSR count). The van der Waals surface area contributed by atoms with Gasteiger partial charge in [0.25, 0.3) is 0 Å². The van der Waals surface area contributed by atoms with Gasteiger partial charge in [-0.25, -0.2) is 9.97 Å². The number of benzene rings is 1. The first-order valence-electron chi connectivity index (χ1n) is 9.72. The molecule has 2 aromatic heterocycles. The van der Waals surface area contributed by atoms with E-state index in [0.29, 0.717) is 17.1 Å². The van der Waals surface area contributed by atoms with Crippen molar-refractivity contribution < 1.29 is 14.7 Å². The normalized spacial score (nSPS) is 12.5. The Morgan fingerprint density at radius 3 is 2.37 bits per heavy atom. The zero-order valence-corrected chi connectivity index (χ0v) is 17.4. The fraction of sp³-hybridized carbons (Fsp3) is 0.304. The average Bonchev–Trinajstić information content (AvgIpc) is 3.14. The van der Waals surface area contributed by atoms with Gasteiger partial charge in [-0.05, 0) is 29.0 Å². The SMILES string of the molecule is CC(C)(C)c1ccc(C(=O)Cn2cnc([C@@H](Cc3ccc(N)nc3)C(=O)O)c2)cc1. The minimum atomic E-state index is -0.985. The van der Waals surface area contributed by atoms with Gasteiger partial charge in [-0.2, -0.15) is 0 Å². The lowest BCUT2D eigenvalue weighted by Crippen LogP contribution is -2.15. The van der Waals surface area contributed by atoms with Crippen LogP contribution in [0.15, 0.2) is 55.1 Å². The minimum absolute atomic E-state index is 0.0205. The van der Waals surface area contributed by atoms with Crippen LogP contribution in [0.1, 0.15) is 53.9 Å². The van der Waals surface area contributed by atoms with Crippen LogP contribution in [0.25, 0.3) is 0 Å². The summed E-state index contributed by atoms with van der Waals surface area (Å²) in [5, 5.41) is 9.64. The van der Waals surface area contributed by atoms with E-state index in [9.17, 15) is 14.7 Å². The van der Waals surface area contributed by atoms with Gasteiger partial charge in [0.15, 0.2) is 5.78 Å². The number of ketones is 1. The van der Waals surface area contributed by atoms with E-state index in [4.69, 9.17) is 5.73 Å². The first kappa shape index (κ1) is 21.2. The van der Waals surface area contributed by atoms with E-state index in [-0.39, 0.29) is 24.2 Å². The van der Waals surface area contributed by atoms with Crippen LogP contribution in [0.5, 0.6) is 0 Å². The van der Waals surface area contributed by atoms with Crippen molar-refractivity contribution in [1.82, 2.24) is 14.5 Å².